The van der Waals surface area contributed by atoms with Gasteiger partial charge in [0.15, 0.2) is 6.10 Å². The van der Waals surface area contributed by atoms with Crippen molar-refractivity contribution in [1.82, 2.24) is 5.48 Å². The van der Waals surface area contributed by atoms with E-state index in [2.05, 4.69) is 5.32 Å². The van der Waals surface area contributed by atoms with Crippen molar-refractivity contribution in [3.8, 4) is 0 Å². The molecule has 0 bridgehead atoms. The van der Waals surface area contributed by atoms with Gasteiger partial charge in [0.05, 0.1) is 0 Å². The van der Waals surface area contributed by atoms with Gasteiger partial charge >= 0.3 is 5.97 Å². The molecule has 1 aromatic rings. The van der Waals surface area contributed by atoms with Crippen molar-refractivity contribution >= 4 is 23.5 Å². The fraction of sp³-hybridized carbons (Fsp3) is 0.550. The van der Waals surface area contributed by atoms with Gasteiger partial charge in [-0.15, -0.1) is 0 Å². The van der Waals surface area contributed by atoms with Gasteiger partial charge < -0.3 is 30.5 Å². The molecule has 2 amide bonds. The zero-order valence-corrected chi connectivity index (χ0v) is 16.8. The lowest BCUT2D eigenvalue weighted by Gasteiger charge is -2.37. The van der Waals surface area contributed by atoms with E-state index in [-0.39, 0.29) is 12.3 Å². The Bertz CT molecular complexity index is 731. The molecule has 11 heteroatoms. The van der Waals surface area contributed by atoms with Gasteiger partial charge in [0.2, 0.25) is 18.1 Å². The molecule has 2 rings (SSSR count). The Morgan fingerprint density at radius 1 is 0.871 bits per heavy atom. The fourth-order valence-corrected chi connectivity index (χ4v) is 2.99. The Balaban J connectivity index is 1.57. The van der Waals surface area contributed by atoms with Gasteiger partial charge in [-0.1, -0.05) is 31.0 Å². The number of aliphatic carboxylic acids is 1. The second-order valence-electron chi connectivity index (χ2n) is 7.21. The summed E-state index contributed by atoms with van der Waals surface area (Å²) in [5.74, 6) is -2.14. The van der Waals surface area contributed by atoms with E-state index in [9.17, 15) is 29.7 Å². The monoisotopic (exact) mass is 440 g/mol. The maximum absolute atomic E-state index is 11.8. The van der Waals surface area contributed by atoms with E-state index in [1.807, 2.05) is 23.7 Å². The Labute approximate surface area is 178 Å². The molecular weight excluding hydrogens is 412 g/mol. The molecule has 11 nitrogen and oxygen atoms in total. The number of aliphatic hydroxyl groups excluding tert-OH is 3. The highest BCUT2D eigenvalue weighted by Crippen LogP contribution is 2.21. The summed E-state index contributed by atoms with van der Waals surface area (Å²) < 4.78 is 4.88. The summed E-state index contributed by atoms with van der Waals surface area (Å²) in [6.45, 7) is 0. The quantitative estimate of drug-likeness (QED) is 0.203. The minimum absolute atomic E-state index is 0.0737. The number of aliphatic hydroxyl groups is 3. The third-order valence-electron chi connectivity index (χ3n) is 4.72. The summed E-state index contributed by atoms with van der Waals surface area (Å²) in [5.41, 5.74) is 2.78. The number of rotatable bonds is 11. The predicted molar refractivity (Wildman–Crippen MR) is 106 cm³/mol. The van der Waals surface area contributed by atoms with Crippen LogP contribution in [0.5, 0.6) is 0 Å². The van der Waals surface area contributed by atoms with Gasteiger partial charge in [0.25, 0.3) is 0 Å². The van der Waals surface area contributed by atoms with E-state index < -0.39 is 42.6 Å². The van der Waals surface area contributed by atoms with Crippen molar-refractivity contribution in [3.05, 3.63) is 30.3 Å². The molecule has 1 fully saturated rings. The van der Waals surface area contributed by atoms with Crippen LogP contribution in [0.1, 0.15) is 38.5 Å². The first-order valence-corrected chi connectivity index (χ1v) is 10.0. The van der Waals surface area contributed by atoms with E-state index in [0.29, 0.717) is 25.7 Å². The first kappa shape index (κ1) is 24.7. The van der Waals surface area contributed by atoms with Crippen molar-refractivity contribution in [2.75, 3.05) is 5.32 Å². The number of hydrogen-bond acceptors (Lipinski definition) is 8. The van der Waals surface area contributed by atoms with Crippen LogP contribution in [0.4, 0.5) is 5.69 Å². The molecule has 0 saturated carbocycles. The van der Waals surface area contributed by atoms with Crippen LogP contribution in [-0.2, 0) is 24.0 Å². The van der Waals surface area contributed by atoms with Crippen LogP contribution in [0.25, 0.3) is 0 Å². The molecule has 0 radical (unpaired) electrons. The molecule has 1 aliphatic heterocycles. The lowest BCUT2D eigenvalue weighted by atomic mass is 9.99. The minimum atomic E-state index is -1.84. The molecule has 0 aromatic heterocycles. The van der Waals surface area contributed by atoms with Crippen molar-refractivity contribution in [3.63, 3.8) is 0 Å². The summed E-state index contributed by atoms with van der Waals surface area (Å²) in [6.07, 6.45) is -5.69. The van der Waals surface area contributed by atoms with Gasteiger partial charge in [0.1, 0.15) is 18.3 Å². The summed E-state index contributed by atoms with van der Waals surface area (Å²) in [7, 11) is 0. The van der Waals surface area contributed by atoms with Crippen LogP contribution >= 0.6 is 0 Å². The number of anilines is 1. The smallest absolute Gasteiger partial charge is 0.335 e. The standard InChI is InChI=1S/C20H28N2O9/c23-13(21-12-8-4-3-5-9-12)10-6-1-2-7-11-14(24)22-31-20-17(27)15(25)16(26)18(30-20)19(28)29/h3-5,8-9,15-18,20,25-27H,1-2,6-7,10-11H2,(H,21,23)(H,22,24)(H,28,29). The van der Waals surface area contributed by atoms with E-state index >= 15 is 0 Å². The number of hydroxylamine groups is 1. The maximum atomic E-state index is 11.8. The van der Waals surface area contributed by atoms with E-state index in [1.165, 1.54) is 0 Å². The number of benzene rings is 1. The summed E-state index contributed by atoms with van der Waals surface area (Å²) in [5, 5.41) is 40.8. The molecule has 1 heterocycles. The molecule has 172 valence electrons. The molecule has 0 spiro atoms. The number of nitrogens with one attached hydrogen (secondary N) is 2. The van der Waals surface area contributed by atoms with Crippen molar-refractivity contribution in [1.29, 1.82) is 0 Å². The maximum Gasteiger partial charge on any atom is 0.335 e. The van der Waals surface area contributed by atoms with Gasteiger partial charge in [-0.05, 0) is 25.0 Å². The lowest BCUT2D eigenvalue weighted by Crippen LogP contribution is -2.61. The number of carboxylic acid groups (broad SMARTS) is 1. The highest BCUT2D eigenvalue weighted by molar-refractivity contribution is 5.90. The second kappa shape index (κ2) is 12.3. The highest BCUT2D eigenvalue weighted by atomic mass is 16.8. The average molecular weight is 440 g/mol. The Kier molecular flexibility index (Phi) is 9.82. The number of para-hydroxylation sites is 1. The molecule has 31 heavy (non-hydrogen) atoms. The summed E-state index contributed by atoms with van der Waals surface area (Å²) in [4.78, 5) is 39.5. The van der Waals surface area contributed by atoms with E-state index in [0.717, 1.165) is 12.1 Å². The minimum Gasteiger partial charge on any atom is -0.479 e. The normalized spacial score (nSPS) is 25.6. The summed E-state index contributed by atoms with van der Waals surface area (Å²) in [6, 6.07) is 9.14. The predicted octanol–water partition coefficient (Wildman–Crippen LogP) is -0.0943. The number of carbonyl (C=O) groups excluding carboxylic acids is 2. The number of unbranched alkanes of at least 4 members (excludes halogenated alkanes) is 3. The molecule has 5 unspecified atom stereocenters. The highest BCUT2D eigenvalue weighted by Gasteiger charge is 2.47. The SMILES string of the molecule is O=C(CCCCCCC(=O)Nc1ccccc1)NOC1OC(C(=O)O)C(O)C(O)C1O. The van der Waals surface area contributed by atoms with Crippen LogP contribution in [-0.4, -0.2) is 68.9 Å². The molecule has 1 aliphatic rings. The second-order valence-corrected chi connectivity index (χ2v) is 7.21. The number of hydrogen-bond donors (Lipinski definition) is 6. The van der Waals surface area contributed by atoms with Crippen LogP contribution in [0.2, 0.25) is 0 Å². The zero-order chi connectivity index (χ0) is 22.8. The Morgan fingerprint density at radius 3 is 2.10 bits per heavy atom. The lowest BCUT2D eigenvalue weighted by molar-refractivity contribution is -0.306. The van der Waals surface area contributed by atoms with Crippen LogP contribution in [0, 0.1) is 0 Å². The van der Waals surface area contributed by atoms with Gasteiger partial charge in [-0.25, -0.2) is 15.1 Å². The number of carboxylic acids is 1. The topological polar surface area (TPSA) is 175 Å². The first-order chi connectivity index (χ1) is 14.8. The van der Waals surface area contributed by atoms with Gasteiger partial charge in [-0.3, -0.25) is 9.59 Å². The number of carbonyl (C=O) groups is 3. The van der Waals surface area contributed by atoms with Gasteiger partial charge in [-0.2, -0.15) is 0 Å². The third-order valence-corrected chi connectivity index (χ3v) is 4.72. The molecule has 1 saturated heterocycles. The molecular formula is C20H28N2O9. The van der Waals surface area contributed by atoms with Crippen molar-refractivity contribution < 1.29 is 44.4 Å². The number of amides is 2. The van der Waals surface area contributed by atoms with Crippen LogP contribution in [0.3, 0.4) is 0 Å². The van der Waals surface area contributed by atoms with E-state index in [1.54, 1.807) is 12.1 Å². The van der Waals surface area contributed by atoms with Crippen LogP contribution in [0.15, 0.2) is 30.3 Å². The van der Waals surface area contributed by atoms with Crippen molar-refractivity contribution in [2.45, 2.75) is 69.2 Å². The molecule has 1 aromatic carbocycles. The zero-order valence-electron chi connectivity index (χ0n) is 16.8. The average Bonchev–Trinajstić information content (AvgIpc) is 2.74. The Hall–Kier alpha value is -2.57. The largest absolute Gasteiger partial charge is 0.479 e. The first-order valence-electron chi connectivity index (χ1n) is 10.0. The van der Waals surface area contributed by atoms with Crippen LogP contribution < -0.4 is 10.8 Å². The summed E-state index contributed by atoms with van der Waals surface area (Å²) >= 11 is 0. The van der Waals surface area contributed by atoms with Crippen molar-refractivity contribution in [2.24, 2.45) is 0 Å². The molecule has 6 N–H and O–H groups in total. The number of ether oxygens (including phenoxy) is 1. The third kappa shape index (κ3) is 7.89. The molecule has 0 aliphatic carbocycles. The van der Waals surface area contributed by atoms with E-state index in [4.69, 9.17) is 14.7 Å². The molecule has 5 atom stereocenters. The fourth-order valence-electron chi connectivity index (χ4n) is 2.99. The Morgan fingerprint density at radius 2 is 1.48 bits per heavy atom. The van der Waals surface area contributed by atoms with Gasteiger partial charge in [0, 0.05) is 18.5 Å².